The largest absolute Gasteiger partial charge is 0.496 e. The fourth-order valence-electron chi connectivity index (χ4n) is 5.22. The molecule has 3 fully saturated rings. The number of ether oxygens (including phenoxy) is 3. The first-order valence-corrected chi connectivity index (χ1v) is 10.5. The number of cyclic esters (lactones) is 1. The van der Waals surface area contributed by atoms with Crippen LogP contribution in [0.1, 0.15) is 50.2 Å². The number of carbonyl (C=O) groups is 2. The van der Waals surface area contributed by atoms with Crippen LogP contribution in [0, 0.1) is 11.8 Å². The summed E-state index contributed by atoms with van der Waals surface area (Å²) in [5.41, 5.74) is 0.721. The molecule has 3 aliphatic rings. The molecule has 0 radical (unpaired) electrons. The number of hydrogen-bond donors (Lipinski definition) is 1. The summed E-state index contributed by atoms with van der Waals surface area (Å²) < 4.78 is 16.6. The molecule has 0 aliphatic carbocycles. The smallest absolute Gasteiger partial charge is 0.313 e. The molecule has 0 spiro atoms. The van der Waals surface area contributed by atoms with Crippen molar-refractivity contribution < 1.29 is 28.7 Å². The lowest BCUT2D eigenvalue weighted by Crippen LogP contribution is -3.18. The molecule has 3 heterocycles. The Labute approximate surface area is 166 Å². The van der Waals surface area contributed by atoms with Crippen molar-refractivity contribution in [2.45, 2.75) is 50.7 Å². The van der Waals surface area contributed by atoms with Crippen molar-refractivity contribution in [3.05, 3.63) is 29.8 Å². The first-order valence-electron chi connectivity index (χ1n) is 10.5. The van der Waals surface area contributed by atoms with Crippen molar-refractivity contribution in [2.24, 2.45) is 11.8 Å². The summed E-state index contributed by atoms with van der Waals surface area (Å²) in [6.07, 6.45) is 5.55. The highest BCUT2D eigenvalue weighted by Crippen LogP contribution is 2.40. The normalized spacial score (nSPS) is 32.3. The van der Waals surface area contributed by atoms with Gasteiger partial charge in [0, 0.05) is 11.5 Å². The van der Waals surface area contributed by atoms with Crippen LogP contribution in [0.2, 0.25) is 0 Å². The van der Waals surface area contributed by atoms with Gasteiger partial charge in [-0.1, -0.05) is 18.2 Å². The molecule has 5 atom stereocenters. The first-order chi connectivity index (χ1) is 13.7. The molecule has 4 rings (SSSR count). The van der Waals surface area contributed by atoms with Crippen LogP contribution in [0.5, 0.6) is 5.75 Å². The molecule has 0 saturated carbocycles. The van der Waals surface area contributed by atoms with Crippen LogP contribution in [0.4, 0.5) is 0 Å². The van der Waals surface area contributed by atoms with E-state index in [1.54, 1.807) is 12.0 Å². The van der Waals surface area contributed by atoms with Gasteiger partial charge >= 0.3 is 11.9 Å². The van der Waals surface area contributed by atoms with Crippen molar-refractivity contribution in [3.63, 3.8) is 0 Å². The molecule has 3 aliphatic heterocycles. The second-order valence-corrected chi connectivity index (χ2v) is 8.26. The lowest BCUT2D eigenvalue weighted by molar-refractivity contribution is -0.940. The fourth-order valence-corrected chi connectivity index (χ4v) is 5.22. The number of hydrogen-bond acceptors (Lipinski definition) is 5. The van der Waals surface area contributed by atoms with Gasteiger partial charge in [0.05, 0.1) is 39.3 Å². The SMILES string of the molecule is COc1ccccc1[C@@H]1OC(=O)C[C@H]1C(=O)OC[C@@H]1CCC[NH+]2CCCC[C@H]12. The van der Waals surface area contributed by atoms with E-state index in [-0.39, 0.29) is 18.4 Å². The summed E-state index contributed by atoms with van der Waals surface area (Å²) in [5, 5.41) is 0. The van der Waals surface area contributed by atoms with Gasteiger partial charge in [0.2, 0.25) is 0 Å². The third-order valence-electron chi connectivity index (χ3n) is 6.63. The standard InChI is InChI=1S/C22H29NO5/c1-26-19-10-3-2-8-16(19)21-17(13-20(24)28-21)22(25)27-14-15-7-6-12-23-11-5-4-9-18(15)23/h2-3,8,10,15,17-18,21H,4-7,9,11-14H2,1H3/p+1/t15-,17+,18+,21-/m0/s1. The first kappa shape index (κ1) is 19.2. The molecule has 1 aromatic carbocycles. The lowest BCUT2D eigenvalue weighted by Gasteiger charge is -2.41. The molecular formula is C22H30NO5+. The van der Waals surface area contributed by atoms with Gasteiger partial charge in [-0.3, -0.25) is 9.59 Å². The molecule has 0 amide bonds. The average molecular weight is 388 g/mol. The van der Waals surface area contributed by atoms with E-state index in [0.29, 0.717) is 24.3 Å². The molecule has 0 aromatic heterocycles. The maximum absolute atomic E-state index is 12.9. The second-order valence-electron chi connectivity index (χ2n) is 8.26. The Morgan fingerprint density at radius 1 is 1.18 bits per heavy atom. The van der Waals surface area contributed by atoms with Crippen LogP contribution in [-0.2, 0) is 19.1 Å². The second kappa shape index (κ2) is 8.52. The van der Waals surface area contributed by atoms with Crippen molar-refractivity contribution in [1.29, 1.82) is 0 Å². The van der Waals surface area contributed by atoms with Crippen molar-refractivity contribution >= 4 is 11.9 Å². The Hall–Kier alpha value is -2.08. The van der Waals surface area contributed by atoms with Crippen molar-refractivity contribution in [2.75, 3.05) is 26.8 Å². The van der Waals surface area contributed by atoms with Crippen molar-refractivity contribution in [3.8, 4) is 5.75 Å². The Balaban J connectivity index is 1.42. The zero-order valence-corrected chi connectivity index (χ0v) is 16.5. The molecule has 3 saturated heterocycles. The minimum atomic E-state index is -0.640. The number of carbonyl (C=O) groups excluding carboxylic acids is 2. The highest BCUT2D eigenvalue weighted by Gasteiger charge is 2.44. The Morgan fingerprint density at radius 2 is 2.00 bits per heavy atom. The quantitative estimate of drug-likeness (QED) is 0.778. The molecule has 28 heavy (non-hydrogen) atoms. The summed E-state index contributed by atoms with van der Waals surface area (Å²) in [7, 11) is 1.57. The van der Waals surface area contributed by atoms with Crippen LogP contribution in [0.25, 0.3) is 0 Å². The van der Waals surface area contributed by atoms with Gasteiger partial charge in [-0.05, 0) is 38.2 Å². The van der Waals surface area contributed by atoms with Gasteiger partial charge in [-0.25, -0.2) is 0 Å². The van der Waals surface area contributed by atoms with Gasteiger partial charge in [-0.15, -0.1) is 0 Å². The minimum Gasteiger partial charge on any atom is -0.496 e. The topological polar surface area (TPSA) is 66.3 Å². The highest BCUT2D eigenvalue weighted by atomic mass is 16.6. The van der Waals surface area contributed by atoms with E-state index in [2.05, 4.69) is 0 Å². The number of rotatable bonds is 5. The summed E-state index contributed by atoms with van der Waals surface area (Å²) in [6, 6.07) is 7.98. The van der Waals surface area contributed by atoms with E-state index in [0.717, 1.165) is 12.0 Å². The van der Waals surface area contributed by atoms with E-state index in [1.807, 2.05) is 24.3 Å². The number of piperidine rings is 2. The average Bonchev–Trinajstić information content (AvgIpc) is 3.13. The van der Waals surface area contributed by atoms with Gasteiger partial charge in [0.25, 0.3) is 0 Å². The highest BCUT2D eigenvalue weighted by molar-refractivity contribution is 5.84. The number of quaternary nitrogens is 1. The monoisotopic (exact) mass is 388 g/mol. The van der Waals surface area contributed by atoms with Crippen LogP contribution in [-0.4, -0.2) is 44.8 Å². The summed E-state index contributed by atoms with van der Waals surface area (Å²) in [4.78, 5) is 26.5. The third kappa shape index (κ3) is 3.88. The fraction of sp³-hybridized carbons (Fsp3) is 0.636. The van der Waals surface area contributed by atoms with Gasteiger partial charge in [0.1, 0.15) is 17.8 Å². The van der Waals surface area contributed by atoms with Crippen molar-refractivity contribution in [1.82, 2.24) is 0 Å². The van der Waals surface area contributed by atoms with Crippen LogP contribution >= 0.6 is 0 Å². The molecule has 6 nitrogen and oxygen atoms in total. The maximum atomic E-state index is 12.9. The molecule has 1 unspecified atom stereocenters. The van der Waals surface area contributed by atoms with E-state index in [9.17, 15) is 9.59 Å². The Bertz CT molecular complexity index is 719. The van der Waals surface area contributed by atoms with E-state index >= 15 is 0 Å². The third-order valence-corrected chi connectivity index (χ3v) is 6.63. The number of nitrogens with one attached hydrogen (secondary N) is 1. The van der Waals surface area contributed by atoms with E-state index in [4.69, 9.17) is 14.2 Å². The molecule has 1 N–H and O–H groups in total. The Morgan fingerprint density at radius 3 is 2.86 bits per heavy atom. The van der Waals surface area contributed by atoms with Crippen LogP contribution in [0.15, 0.2) is 24.3 Å². The molecule has 0 bridgehead atoms. The predicted octanol–water partition coefficient (Wildman–Crippen LogP) is 1.69. The lowest BCUT2D eigenvalue weighted by atomic mass is 9.84. The number of methoxy groups -OCH3 is 1. The minimum absolute atomic E-state index is 0.0625. The number of benzene rings is 1. The summed E-state index contributed by atoms with van der Waals surface area (Å²) >= 11 is 0. The van der Waals surface area contributed by atoms with Gasteiger partial charge in [-0.2, -0.15) is 0 Å². The van der Waals surface area contributed by atoms with Crippen LogP contribution < -0.4 is 9.64 Å². The Kier molecular flexibility index (Phi) is 5.85. The van der Waals surface area contributed by atoms with Gasteiger partial charge in [0.15, 0.2) is 0 Å². The number of esters is 2. The molecule has 152 valence electrons. The molecule has 1 aromatic rings. The predicted molar refractivity (Wildman–Crippen MR) is 102 cm³/mol. The number of fused-ring (bicyclic) bond motifs is 1. The summed E-state index contributed by atoms with van der Waals surface area (Å²) in [5.74, 6) is -0.255. The zero-order valence-electron chi connectivity index (χ0n) is 16.5. The molecule has 6 heteroatoms. The van der Waals surface area contributed by atoms with E-state index in [1.165, 1.54) is 38.8 Å². The van der Waals surface area contributed by atoms with E-state index < -0.39 is 12.0 Å². The summed E-state index contributed by atoms with van der Waals surface area (Å²) in [6.45, 7) is 2.95. The van der Waals surface area contributed by atoms with Gasteiger partial charge < -0.3 is 19.1 Å². The zero-order chi connectivity index (χ0) is 19.5. The van der Waals surface area contributed by atoms with Crippen LogP contribution in [0.3, 0.4) is 0 Å². The molecular weight excluding hydrogens is 358 g/mol. The number of para-hydroxylation sites is 1. The maximum Gasteiger partial charge on any atom is 0.313 e.